The molecule has 274 valence electrons. The second kappa shape index (κ2) is 15.5. The van der Waals surface area contributed by atoms with Crippen molar-refractivity contribution in [1.82, 2.24) is 0 Å². The van der Waals surface area contributed by atoms with Crippen molar-refractivity contribution in [2.75, 3.05) is 6.66 Å². The second-order valence-electron chi connectivity index (χ2n) is 19.4. The van der Waals surface area contributed by atoms with Crippen LogP contribution in [0.3, 0.4) is 0 Å². The van der Waals surface area contributed by atoms with Gasteiger partial charge in [0.1, 0.15) is 23.0 Å². The Bertz CT molecular complexity index is 1550. The van der Waals surface area contributed by atoms with E-state index in [1.54, 1.807) is 0 Å². The van der Waals surface area contributed by atoms with E-state index < -0.39 is 0 Å². The Balaban J connectivity index is 0.000000412. The second-order valence-corrected chi connectivity index (χ2v) is 20.6. The normalized spacial score (nSPS) is 13.5. The fraction of sp³-hybridized carbons (Fsp3) is 0.581. The van der Waals surface area contributed by atoms with E-state index in [-0.39, 0.29) is 41.5 Å². The summed E-state index contributed by atoms with van der Waals surface area (Å²) in [4.78, 5) is 0. The number of rotatable bonds is 6. The summed E-state index contributed by atoms with van der Waals surface area (Å²) in [5, 5.41) is 10.7. The fourth-order valence-electron chi connectivity index (χ4n) is 5.40. The zero-order chi connectivity index (χ0) is 38.0. The van der Waals surface area contributed by atoms with Crippen LogP contribution in [0, 0.1) is 0 Å². The van der Waals surface area contributed by atoms with Crippen LogP contribution < -0.4 is 13.6 Å². The lowest BCUT2D eigenvalue weighted by Gasteiger charge is -2.28. The van der Waals surface area contributed by atoms with E-state index in [2.05, 4.69) is 168 Å². The molecule has 0 heterocycles. The summed E-state index contributed by atoms with van der Waals surface area (Å²) in [7, 11) is 0.311. The SMILES string of the molecule is CC(C)(C)c1ccc(OPOc2cc(C(C)(C)C)c(O)cc2C(C)(C)C)c(C(C)(C)C)c1.CPOc1ccc(C(C)(C)C)cc1C(C)(C)C. The molecule has 3 rings (SSSR count). The van der Waals surface area contributed by atoms with E-state index in [0.717, 1.165) is 28.4 Å². The van der Waals surface area contributed by atoms with Gasteiger partial charge in [0.05, 0.1) is 8.81 Å². The Morgan fingerprint density at radius 3 is 1.10 bits per heavy atom. The maximum Gasteiger partial charge on any atom is 0.275 e. The highest BCUT2D eigenvalue weighted by Gasteiger charge is 2.28. The van der Waals surface area contributed by atoms with Crippen LogP contribution in [0.5, 0.6) is 23.0 Å². The zero-order valence-corrected chi connectivity index (χ0v) is 36.3. The summed E-state index contributed by atoms with van der Waals surface area (Å²) >= 11 is 0. The van der Waals surface area contributed by atoms with Gasteiger partial charge in [-0.15, -0.1) is 0 Å². The molecule has 0 saturated carbocycles. The minimum absolute atomic E-state index is 0.0460. The average molecular weight is 711 g/mol. The third kappa shape index (κ3) is 12.2. The van der Waals surface area contributed by atoms with Crippen LogP contribution in [0.25, 0.3) is 0 Å². The maximum absolute atomic E-state index is 10.7. The molecule has 0 bridgehead atoms. The van der Waals surface area contributed by atoms with Gasteiger partial charge in [-0.25, -0.2) is 0 Å². The van der Waals surface area contributed by atoms with Gasteiger partial charge in [-0.2, -0.15) is 0 Å². The average Bonchev–Trinajstić information content (AvgIpc) is 2.91. The number of phenols is 1. The molecule has 2 unspecified atom stereocenters. The summed E-state index contributed by atoms with van der Waals surface area (Å²) in [6.07, 6.45) is 0. The van der Waals surface area contributed by atoms with Crippen LogP contribution in [0.1, 0.15) is 158 Å². The van der Waals surface area contributed by atoms with E-state index in [9.17, 15) is 5.11 Å². The van der Waals surface area contributed by atoms with E-state index in [4.69, 9.17) is 13.6 Å². The van der Waals surface area contributed by atoms with Crippen molar-refractivity contribution in [3.8, 4) is 23.0 Å². The lowest BCUT2D eigenvalue weighted by molar-refractivity contribution is 0.434. The maximum atomic E-state index is 10.7. The predicted octanol–water partition coefficient (Wildman–Crippen LogP) is 13.4. The minimum Gasteiger partial charge on any atom is -0.508 e. The molecule has 1 N–H and O–H groups in total. The summed E-state index contributed by atoms with van der Waals surface area (Å²) in [5.41, 5.74) is 6.97. The Hall–Kier alpha value is -2.28. The van der Waals surface area contributed by atoms with Crippen molar-refractivity contribution in [1.29, 1.82) is 0 Å². The standard InChI is InChI=1S/C28H43O3P.C15H25OP/c1-25(2,3)18-13-14-23(20(15-18)27(7,8)9)30-32-31-24-17-19(26(4,5)6)22(29)16-21(24)28(10,11)12;1-14(2,3)11-8-9-13(16-17-7)12(10-11)15(4,5)6/h13-17,29,32H,1-12H3;8-10,17H,1-7H3. The number of hydrogen-bond donors (Lipinski definition) is 1. The van der Waals surface area contributed by atoms with E-state index in [1.165, 1.54) is 22.3 Å². The molecular formula is C43H68O4P2. The molecule has 3 aromatic carbocycles. The summed E-state index contributed by atoms with van der Waals surface area (Å²) in [6, 6.07) is 16.9. The van der Waals surface area contributed by atoms with Crippen LogP contribution >= 0.6 is 17.8 Å². The van der Waals surface area contributed by atoms with Gasteiger partial charge in [-0.05, 0) is 74.5 Å². The largest absolute Gasteiger partial charge is 0.508 e. The summed E-state index contributed by atoms with van der Waals surface area (Å²) < 4.78 is 18.2. The highest BCUT2D eigenvalue weighted by Crippen LogP contribution is 2.44. The molecule has 6 heteroatoms. The first-order valence-corrected chi connectivity index (χ1v) is 19.8. The topological polar surface area (TPSA) is 47.9 Å². The molecule has 2 atom stereocenters. The fourth-order valence-corrected chi connectivity index (χ4v) is 6.37. The van der Waals surface area contributed by atoms with Gasteiger partial charge in [0.2, 0.25) is 0 Å². The molecule has 4 nitrogen and oxygen atoms in total. The van der Waals surface area contributed by atoms with Crippen LogP contribution in [0.4, 0.5) is 0 Å². The quantitative estimate of drug-likeness (QED) is 0.259. The third-order valence-corrected chi connectivity index (χ3v) is 9.57. The van der Waals surface area contributed by atoms with Gasteiger partial charge in [0.15, 0.2) is 0 Å². The molecule has 0 radical (unpaired) electrons. The van der Waals surface area contributed by atoms with Crippen molar-refractivity contribution in [2.24, 2.45) is 0 Å². The number of hydrogen-bond acceptors (Lipinski definition) is 4. The van der Waals surface area contributed by atoms with Crippen LogP contribution in [-0.2, 0) is 32.5 Å². The van der Waals surface area contributed by atoms with E-state index in [1.807, 2.05) is 12.1 Å². The Morgan fingerprint density at radius 1 is 0.408 bits per heavy atom. The van der Waals surface area contributed by atoms with Crippen molar-refractivity contribution < 1.29 is 18.7 Å². The van der Waals surface area contributed by atoms with Crippen LogP contribution in [0.15, 0.2) is 48.5 Å². The molecule has 0 spiro atoms. The first-order chi connectivity index (χ1) is 22.0. The highest BCUT2D eigenvalue weighted by molar-refractivity contribution is 7.31. The van der Waals surface area contributed by atoms with E-state index >= 15 is 0 Å². The number of phenolic OH excluding ortho intramolecular Hbond substituents is 1. The smallest absolute Gasteiger partial charge is 0.275 e. The Morgan fingerprint density at radius 2 is 0.755 bits per heavy atom. The number of benzene rings is 3. The van der Waals surface area contributed by atoms with Crippen molar-refractivity contribution in [3.05, 3.63) is 81.9 Å². The monoisotopic (exact) mass is 710 g/mol. The Kier molecular flexibility index (Phi) is 13.6. The summed E-state index contributed by atoms with van der Waals surface area (Å²) in [6.45, 7) is 41.5. The van der Waals surface area contributed by atoms with Gasteiger partial charge in [-0.1, -0.05) is 149 Å². The molecule has 0 amide bonds. The molecule has 0 saturated heterocycles. The predicted molar refractivity (Wildman–Crippen MR) is 218 cm³/mol. The molecule has 0 aliphatic heterocycles. The zero-order valence-electron chi connectivity index (χ0n) is 34.3. The first-order valence-electron chi connectivity index (χ1n) is 17.6. The van der Waals surface area contributed by atoms with Gasteiger partial charge < -0.3 is 18.7 Å². The van der Waals surface area contributed by atoms with E-state index in [0.29, 0.717) is 14.6 Å². The number of aromatic hydroxyl groups is 1. The molecule has 0 aliphatic carbocycles. The van der Waals surface area contributed by atoms with Crippen molar-refractivity contribution in [2.45, 2.75) is 157 Å². The van der Waals surface area contributed by atoms with Gasteiger partial charge >= 0.3 is 0 Å². The molecule has 0 fully saturated rings. The van der Waals surface area contributed by atoms with Crippen LogP contribution in [-0.4, -0.2) is 11.8 Å². The lowest BCUT2D eigenvalue weighted by Crippen LogP contribution is -2.17. The minimum atomic E-state index is -0.190. The molecule has 49 heavy (non-hydrogen) atoms. The molecule has 0 aromatic heterocycles. The molecule has 3 aromatic rings. The Labute approximate surface area is 304 Å². The van der Waals surface area contributed by atoms with Crippen LogP contribution in [0.2, 0.25) is 0 Å². The van der Waals surface area contributed by atoms with Gasteiger partial charge in [0.25, 0.3) is 9.03 Å². The lowest BCUT2D eigenvalue weighted by atomic mass is 9.80. The molecular weight excluding hydrogens is 642 g/mol. The van der Waals surface area contributed by atoms with Crippen molar-refractivity contribution >= 4 is 17.8 Å². The van der Waals surface area contributed by atoms with Gasteiger partial charge in [-0.3, -0.25) is 0 Å². The van der Waals surface area contributed by atoms with Gasteiger partial charge in [0, 0.05) is 22.3 Å². The van der Waals surface area contributed by atoms with Crippen molar-refractivity contribution in [3.63, 3.8) is 0 Å². The highest BCUT2D eigenvalue weighted by atomic mass is 31.1. The first kappa shape index (κ1) is 42.9. The summed E-state index contributed by atoms with van der Waals surface area (Å²) in [5.74, 6) is 2.97. The third-order valence-electron chi connectivity index (χ3n) is 8.54. The molecule has 0 aliphatic rings.